The van der Waals surface area contributed by atoms with Crippen LogP contribution in [0.3, 0.4) is 0 Å². The molecule has 0 aliphatic heterocycles. The number of hydrogen-bond donors (Lipinski definition) is 0. The summed E-state index contributed by atoms with van der Waals surface area (Å²) in [5.41, 5.74) is 0.802. The van der Waals surface area contributed by atoms with Crippen molar-refractivity contribution in [1.29, 1.82) is 0 Å². The van der Waals surface area contributed by atoms with Gasteiger partial charge < -0.3 is 4.74 Å². The highest BCUT2D eigenvalue weighted by molar-refractivity contribution is 5.93. The van der Waals surface area contributed by atoms with Gasteiger partial charge in [-0.25, -0.2) is 0 Å². The van der Waals surface area contributed by atoms with Gasteiger partial charge in [0.1, 0.15) is 5.60 Å². The molecule has 14 heavy (non-hydrogen) atoms. The predicted molar refractivity (Wildman–Crippen MR) is 55.0 cm³/mol. The van der Waals surface area contributed by atoms with Gasteiger partial charge in [0.2, 0.25) is 0 Å². The Hall–Kier alpha value is -0.630. The number of methoxy groups -OCH3 is 1. The maximum absolute atomic E-state index is 11.9. The third-order valence-electron chi connectivity index (χ3n) is 4.41. The normalized spacial score (nSPS) is 46.7. The van der Waals surface area contributed by atoms with Gasteiger partial charge in [0.15, 0.2) is 5.78 Å². The minimum absolute atomic E-state index is 0.0807. The van der Waals surface area contributed by atoms with E-state index in [0.29, 0.717) is 12.3 Å². The highest BCUT2D eigenvalue weighted by Crippen LogP contribution is 2.54. The molecule has 0 aromatic heterocycles. The molecule has 3 atom stereocenters. The summed E-state index contributed by atoms with van der Waals surface area (Å²) >= 11 is 0. The van der Waals surface area contributed by atoms with E-state index in [2.05, 4.69) is 20.8 Å². The van der Waals surface area contributed by atoms with Crippen molar-refractivity contribution in [3.05, 3.63) is 11.6 Å². The van der Waals surface area contributed by atoms with Gasteiger partial charge in [0.25, 0.3) is 0 Å². The summed E-state index contributed by atoms with van der Waals surface area (Å²) in [6.07, 6.45) is 3.53. The van der Waals surface area contributed by atoms with Crippen molar-refractivity contribution in [2.75, 3.05) is 7.11 Å². The van der Waals surface area contributed by atoms with Crippen LogP contribution < -0.4 is 0 Å². The molecule has 1 saturated carbocycles. The lowest BCUT2D eigenvalue weighted by atomic mass is 9.55. The monoisotopic (exact) mass is 194 g/mol. The molecule has 0 N–H and O–H groups in total. The van der Waals surface area contributed by atoms with Gasteiger partial charge in [-0.1, -0.05) is 19.4 Å². The van der Waals surface area contributed by atoms with Crippen LogP contribution in [0.25, 0.3) is 0 Å². The van der Waals surface area contributed by atoms with E-state index in [9.17, 15) is 4.79 Å². The number of allylic oxidation sites excluding steroid dienone is 1. The Morgan fingerprint density at radius 1 is 1.57 bits per heavy atom. The number of carbonyl (C=O) groups excluding carboxylic acids is 1. The van der Waals surface area contributed by atoms with Gasteiger partial charge >= 0.3 is 0 Å². The largest absolute Gasteiger partial charge is 0.366 e. The first-order valence-corrected chi connectivity index (χ1v) is 5.23. The Kier molecular flexibility index (Phi) is 1.91. The molecule has 0 radical (unpaired) electrons. The SMILES string of the molecule is CO[C@@]12C=C(C)[C@@](C)(CC1=O)[C@H](C)C2. The zero-order chi connectivity index (χ0) is 10.6. The summed E-state index contributed by atoms with van der Waals surface area (Å²) in [5.74, 6) is 0.788. The summed E-state index contributed by atoms with van der Waals surface area (Å²) in [6, 6.07) is 0. The van der Waals surface area contributed by atoms with E-state index in [0.717, 1.165) is 6.42 Å². The first-order chi connectivity index (χ1) is 6.44. The number of fused-ring (bicyclic) bond motifs is 2. The molecule has 2 nitrogen and oxygen atoms in total. The lowest BCUT2D eigenvalue weighted by Gasteiger charge is -2.52. The summed E-state index contributed by atoms with van der Waals surface area (Å²) in [6.45, 7) is 6.53. The number of ketones is 1. The molecule has 0 unspecified atom stereocenters. The van der Waals surface area contributed by atoms with Crippen LogP contribution in [0.2, 0.25) is 0 Å². The van der Waals surface area contributed by atoms with Crippen LogP contribution in [-0.4, -0.2) is 18.5 Å². The molecule has 2 heteroatoms. The molecular weight excluding hydrogens is 176 g/mol. The van der Waals surface area contributed by atoms with Crippen LogP contribution in [-0.2, 0) is 9.53 Å². The van der Waals surface area contributed by atoms with E-state index in [-0.39, 0.29) is 11.2 Å². The standard InChI is InChI=1S/C12H18O2/c1-8-5-12(14-4)6-9(2)11(8,3)7-10(12)13/h5,9H,6-7H2,1-4H3/t9-,11-,12-/m1/s1. The van der Waals surface area contributed by atoms with Gasteiger partial charge in [-0.15, -0.1) is 0 Å². The molecule has 0 heterocycles. The zero-order valence-electron chi connectivity index (χ0n) is 9.39. The van der Waals surface area contributed by atoms with E-state index < -0.39 is 5.60 Å². The highest BCUT2D eigenvalue weighted by Gasteiger charge is 2.55. The Balaban J connectivity index is 2.53. The smallest absolute Gasteiger partial charge is 0.169 e. The van der Waals surface area contributed by atoms with Crippen molar-refractivity contribution in [2.45, 2.75) is 39.2 Å². The minimum atomic E-state index is -0.596. The molecule has 0 amide bonds. The first-order valence-electron chi connectivity index (χ1n) is 5.23. The van der Waals surface area contributed by atoms with Crippen molar-refractivity contribution < 1.29 is 9.53 Å². The number of rotatable bonds is 1. The third kappa shape index (κ3) is 0.977. The van der Waals surface area contributed by atoms with Gasteiger partial charge in [0, 0.05) is 13.5 Å². The fraction of sp³-hybridized carbons (Fsp3) is 0.750. The van der Waals surface area contributed by atoms with Crippen molar-refractivity contribution in [2.24, 2.45) is 11.3 Å². The molecule has 3 aliphatic rings. The van der Waals surface area contributed by atoms with Gasteiger partial charge in [-0.2, -0.15) is 0 Å². The highest BCUT2D eigenvalue weighted by atomic mass is 16.5. The molecule has 3 rings (SSSR count). The summed E-state index contributed by atoms with van der Waals surface area (Å²) in [4.78, 5) is 11.9. The number of ether oxygens (including phenoxy) is 1. The van der Waals surface area contributed by atoms with Crippen LogP contribution >= 0.6 is 0 Å². The number of carbonyl (C=O) groups is 1. The minimum Gasteiger partial charge on any atom is -0.366 e. The van der Waals surface area contributed by atoms with Crippen LogP contribution in [0, 0.1) is 11.3 Å². The van der Waals surface area contributed by atoms with Crippen molar-refractivity contribution in [1.82, 2.24) is 0 Å². The number of Topliss-reactive ketones (excluding diaryl/α,β-unsaturated/α-hetero) is 1. The number of hydrogen-bond acceptors (Lipinski definition) is 2. The zero-order valence-corrected chi connectivity index (χ0v) is 9.39. The van der Waals surface area contributed by atoms with E-state index in [4.69, 9.17) is 4.74 Å². The van der Waals surface area contributed by atoms with Crippen LogP contribution in [0.5, 0.6) is 0 Å². The molecule has 0 aromatic carbocycles. The van der Waals surface area contributed by atoms with Crippen LogP contribution in [0.4, 0.5) is 0 Å². The Morgan fingerprint density at radius 3 is 2.71 bits per heavy atom. The molecule has 0 aromatic rings. The third-order valence-corrected chi connectivity index (χ3v) is 4.41. The second-order valence-electron chi connectivity index (χ2n) is 5.04. The summed E-state index contributed by atoms with van der Waals surface area (Å²) < 4.78 is 5.44. The Morgan fingerprint density at radius 2 is 2.21 bits per heavy atom. The molecule has 1 fully saturated rings. The second kappa shape index (κ2) is 2.69. The molecule has 0 spiro atoms. The molecular formula is C12H18O2. The lowest BCUT2D eigenvalue weighted by Crippen LogP contribution is -2.55. The molecule has 78 valence electrons. The van der Waals surface area contributed by atoms with Crippen molar-refractivity contribution >= 4 is 5.78 Å². The maximum atomic E-state index is 11.9. The quantitative estimate of drug-likeness (QED) is 0.599. The first kappa shape index (κ1) is 9.91. The fourth-order valence-corrected chi connectivity index (χ4v) is 2.89. The van der Waals surface area contributed by atoms with Crippen molar-refractivity contribution in [3.8, 4) is 0 Å². The maximum Gasteiger partial charge on any atom is 0.169 e. The molecule has 3 aliphatic carbocycles. The average molecular weight is 194 g/mol. The van der Waals surface area contributed by atoms with Gasteiger partial charge in [-0.3, -0.25) is 4.79 Å². The van der Waals surface area contributed by atoms with Crippen LogP contribution in [0.1, 0.15) is 33.6 Å². The topological polar surface area (TPSA) is 26.3 Å². The Labute approximate surface area is 85.3 Å². The van der Waals surface area contributed by atoms with Crippen molar-refractivity contribution in [3.63, 3.8) is 0 Å². The van der Waals surface area contributed by atoms with Crippen LogP contribution in [0.15, 0.2) is 11.6 Å². The molecule has 2 bridgehead atoms. The van der Waals surface area contributed by atoms with E-state index >= 15 is 0 Å². The second-order valence-corrected chi connectivity index (χ2v) is 5.04. The van der Waals surface area contributed by atoms with Gasteiger partial charge in [0.05, 0.1) is 0 Å². The van der Waals surface area contributed by atoms with E-state index in [1.54, 1.807) is 7.11 Å². The summed E-state index contributed by atoms with van der Waals surface area (Å²) in [7, 11) is 1.64. The Bertz CT molecular complexity index is 318. The lowest BCUT2D eigenvalue weighted by molar-refractivity contribution is -0.149. The van der Waals surface area contributed by atoms with E-state index in [1.807, 2.05) is 6.08 Å². The van der Waals surface area contributed by atoms with E-state index in [1.165, 1.54) is 5.57 Å². The summed E-state index contributed by atoms with van der Waals surface area (Å²) in [5, 5.41) is 0. The van der Waals surface area contributed by atoms with Gasteiger partial charge in [-0.05, 0) is 30.8 Å². The fourth-order valence-electron chi connectivity index (χ4n) is 2.89. The molecule has 0 saturated heterocycles. The predicted octanol–water partition coefficient (Wildman–Crippen LogP) is 2.34. The average Bonchev–Trinajstić information content (AvgIpc) is 2.12.